The number of pyridine rings is 2. The van der Waals surface area contributed by atoms with Crippen molar-refractivity contribution in [2.45, 2.75) is 73.2 Å². The fourth-order valence-electron chi connectivity index (χ4n) is 7.06. The summed E-state index contributed by atoms with van der Waals surface area (Å²) in [6, 6.07) is 22.8. The third kappa shape index (κ3) is 6.11. The summed E-state index contributed by atoms with van der Waals surface area (Å²) < 4.78 is 16.5. The standard InChI is InChI=1S/C36H40N2O5S3/c1-35(25-11-5-3-6-12-25,37-31(39)23-29-27(33(37)41)15-19-44-29)17-9-21-46(43)22-10-18-36(2,26-13-7-4-8-14-26)38-32(40)24-30-28(34(38)42)16-20-45-30/h3-8,11-14,23-24,41-42H,9-10,15-22H2,1-2H3. The summed E-state index contributed by atoms with van der Waals surface area (Å²) in [7, 11) is -1.14. The molecule has 0 spiro atoms. The van der Waals surface area contributed by atoms with Crippen LogP contribution in [0.1, 0.15) is 61.8 Å². The molecule has 0 bridgehead atoms. The molecule has 2 aliphatic heterocycles. The second-order valence-corrected chi connectivity index (χ2v) is 16.5. The average Bonchev–Trinajstić information content (AvgIpc) is 3.72. The van der Waals surface area contributed by atoms with Crippen molar-refractivity contribution in [2.24, 2.45) is 0 Å². The molecule has 2 atom stereocenters. The summed E-state index contributed by atoms with van der Waals surface area (Å²) in [5.74, 6) is 2.64. The van der Waals surface area contributed by atoms with Gasteiger partial charge in [-0.15, -0.1) is 23.5 Å². The van der Waals surface area contributed by atoms with E-state index >= 15 is 0 Å². The summed E-state index contributed by atoms with van der Waals surface area (Å²) in [5, 5.41) is 22.6. The maximum atomic E-state index is 13.4. The van der Waals surface area contributed by atoms with Crippen LogP contribution in [0.2, 0.25) is 0 Å². The van der Waals surface area contributed by atoms with Gasteiger partial charge in [0.2, 0.25) is 0 Å². The monoisotopic (exact) mass is 676 g/mol. The molecular formula is C36H40N2O5S3. The van der Waals surface area contributed by atoms with Gasteiger partial charge in [-0.25, -0.2) is 0 Å². The molecule has 2 unspecified atom stereocenters. The van der Waals surface area contributed by atoms with Gasteiger partial charge in [-0.1, -0.05) is 60.7 Å². The van der Waals surface area contributed by atoms with Gasteiger partial charge < -0.3 is 10.2 Å². The molecule has 2 aliphatic rings. The highest BCUT2D eigenvalue weighted by atomic mass is 32.2. The molecule has 242 valence electrons. The number of aromatic hydroxyl groups is 2. The van der Waals surface area contributed by atoms with Gasteiger partial charge in [0, 0.05) is 66.9 Å². The zero-order valence-corrected chi connectivity index (χ0v) is 28.7. The molecule has 0 amide bonds. The lowest BCUT2D eigenvalue weighted by atomic mass is 9.86. The Bertz CT molecular complexity index is 1740. The molecule has 0 aliphatic carbocycles. The van der Waals surface area contributed by atoms with Crippen molar-refractivity contribution >= 4 is 34.3 Å². The van der Waals surface area contributed by atoms with Gasteiger partial charge in [-0.05, 0) is 63.5 Å². The van der Waals surface area contributed by atoms with Crippen LogP contribution in [0.3, 0.4) is 0 Å². The lowest BCUT2D eigenvalue weighted by Gasteiger charge is -2.34. The smallest absolute Gasteiger partial charge is 0.255 e. The minimum absolute atomic E-state index is 0.0313. The van der Waals surface area contributed by atoms with Gasteiger partial charge in [0.1, 0.15) is 0 Å². The normalized spacial score (nSPS) is 17.2. The van der Waals surface area contributed by atoms with E-state index in [4.69, 9.17) is 0 Å². The number of rotatable bonds is 12. The molecule has 0 fully saturated rings. The molecular weight excluding hydrogens is 637 g/mol. The van der Waals surface area contributed by atoms with Crippen molar-refractivity contribution in [1.29, 1.82) is 0 Å². The quantitative estimate of drug-likeness (QED) is 0.183. The van der Waals surface area contributed by atoms with Crippen LogP contribution < -0.4 is 11.1 Å². The van der Waals surface area contributed by atoms with Crippen molar-refractivity contribution in [3.05, 3.63) is 116 Å². The summed E-state index contributed by atoms with van der Waals surface area (Å²) in [4.78, 5) is 28.5. The highest BCUT2D eigenvalue weighted by Gasteiger charge is 2.36. The summed E-state index contributed by atoms with van der Waals surface area (Å²) >= 11 is 3.20. The van der Waals surface area contributed by atoms with Crippen LogP contribution in [0, 0.1) is 0 Å². The SMILES string of the molecule is CC(CCCS(=O)CCCC(C)(c1ccccc1)n1c(O)c2c(cc1=O)SCC2)(c1ccccc1)n1c(O)c2c(cc1=O)SCC2. The lowest BCUT2D eigenvalue weighted by Crippen LogP contribution is -2.40. The van der Waals surface area contributed by atoms with Crippen molar-refractivity contribution in [1.82, 2.24) is 9.13 Å². The first kappa shape index (κ1) is 32.7. The first-order chi connectivity index (χ1) is 22.1. The molecule has 4 heterocycles. The van der Waals surface area contributed by atoms with E-state index in [1.54, 1.807) is 35.7 Å². The number of hydrogen-bond acceptors (Lipinski definition) is 7. The number of fused-ring (bicyclic) bond motifs is 2. The van der Waals surface area contributed by atoms with Crippen molar-refractivity contribution in [3.8, 4) is 11.8 Å². The van der Waals surface area contributed by atoms with Crippen LogP contribution in [0.15, 0.2) is 92.2 Å². The third-order valence-electron chi connectivity index (χ3n) is 9.58. The van der Waals surface area contributed by atoms with Crippen molar-refractivity contribution in [2.75, 3.05) is 23.0 Å². The predicted molar refractivity (Wildman–Crippen MR) is 188 cm³/mol. The Labute approximate surface area is 280 Å². The maximum Gasteiger partial charge on any atom is 0.255 e. The molecule has 2 N–H and O–H groups in total. The van der Waals surface area contributed by atoms with Crippen molar-refractivity contribution < 1.29 is 14.4 Å². The second kappa shape index (κ2) is 13.5. The minimum Gasteiger partial charge on any atom is -0.494 e. The van der Waals surface area contributed by atoms with E-state index in [2.05, 4.69) is 0 Å². The van der Waals surface area contributed by atoms with E-state index in [0.29, 0.717) is 37.2 Å². The van der Waals surface area contributed by atoms with Crippen LogP contribution in [0.25, 0.3) is 0 Å². The molecule has 2 aromatic carbocycles. The molecule has 7 nitrogen and oxygen atoms in total. The fraction of sp³-hybridized carbons (Fsp3) is 0.389. The highest BCUT2D eigenvalue weighted by molar-refractivity contribution is 7.99. The minimum atomic E-state index is -1.14. The van der Waals surface area contributed by atoms with E-state index in [0.717, 1.165) is 56.4 Å². The topological polar surface area (TPSA) is 102 Å². The average molecular weight is 677 g/mol. The highest BCUT2D eigenvalue weighted by Crippen LogP contribution is 2.42. The Morgan fingerprint density at radius 3 is 1.48 bits per heavy atom. The Kier molecular flexibility index (Phi) is 9.60. The van der Waals surface area contributed by atoms with E-state index < -0.39 is 21.9 Å². The van der Waals surface area contributed by atoms with Gasteiger partial charge in [0.15, 0.2) is 11.8 Å². The molecule has 4 aromatic rings. The largest absolute Gasteiger partial charge is 0.494 e. The van der Waals surface area contributed by atoms with Gasteiger partial charge in [-0.3, -0.25) is 22.9 Å². The molecule has 6 rings (SSSR count). The van der Waals surface area contributed by atoms with Gasteiger partial charge >= 0.3 is 0 Å². The van der Waals surface area contributed by atoms with Gasteiger partial charge in [-0.2, -0.15) is 0 Å². The first-order valence-corrected chi connectivity index (χ1v) is 19.3. The Morgan fingerprint density at radius 2 is 1.09 bits per heavy atom. The first-order valence-electron chi connectivity index (χ1n) is 15.8. The van der Waals surface area contributed by atoms with Crippen LogP contribution in [0.5, 0.6) is 11.8 Å². The Balaban J connectivity index is 1.18. The summed E-state index contributed by atoms with van der Waals surface area (Å²) in [5.41, 5.74) is 1.38. The van der Waals surface area contributed by atoms with Gasteiger partial charge in [0.25, 0.3) is 11.1 Å². The van der Waals surface area contributed by atoms with E-state index in [1.807, 2.05) is 74.5 Å². The van der Waals surface area contributed by atoms with E-state index in [-0.39, 0.29) is 22.9 Å². The zero-order valence-electron chi connectivity index (χ0n) is 26.2. The maximum absolute atomic E-state index is 13.4. The number of aromatic nitrogens is 2. The number of benzene rings is 2. The molecule has 0 saturated carbocycles. The van der Waals surface area contributed by atoms with Gasteiger partial charge in [0.05, 0.1) is 11.1 Å². The number of nitrogens with zero attached hydrogens (tertiary/aromatic N) is 2. The third-order valence-corrected chi connectivity index (χ3v) is 13.2. The van der Waals surface area contributed by atoms with E-state index in [9.17, 15) is 24.0 Å². The summed E-state index contributed by atoms with van der Waals surface area (Å²) in [6.45, 7) is 3.96. The molecule has 46 heavy (non-hydrogen) atoms. The molecule has 0 radical (unpaired) electrons. The molecule has 10 heteroatoms. The fourth-order valence-corrected chi connectivity index (χ4v) is 10.3. The van der Waals surface area contributed by atoms with E-state index in [1.165, 1.54) is 9.13 Å². The predicted octanol–water partition coefficient (Wildman–Crippen LogP) is 6.25. The Hall–Kier alpha value is -3.21. The lowest BCUT2D eigenvalue weighted by molar-refractivity contribution is 0.290. The second-order valence-electron chi connectivity index (χ2n) is 12.5. The van der Waals surface area contributed by atoms with Crippen LogP contribution in [-0.2, 0) is 34.7 Å². The zero-order chi connectivity index (χ0) is 32.5. The van der Waals surface area contributed by atoms with Crippen molar-refractivity contribution in [3.63, 3.8) is 0 Å². The Morgan fingerprint density at radius 1 is 0.696 bits per heavy atom. The van der Waals surface area contributed by atoms with Crippen LogP contribution >= 0.6 is 23.5 Å². The van der Waals surface area contributed by atoms with Crippen LogP contribution in [-0.4, -0.2) is 46.6 Å². The summed E-state index contributed by atoms with van der Waals surface area (Å²) in [6.07, 6.45) is 3.68. The number of hydrogen-bond donors (Lipinski definition) is 2. The number of thioether (sulfide) groups is 2. The molecule has 0 saturated heterocycles. The molecule has 2 aromatic heterocycles. The van der Waals surface area contributed by atoms with Crippen LogP contribution in [0.4, 0.5) is 0 Å².